The average Bonchev–Trinajstić information content (AvgIpc) is 2.62. The van der Waals surface area contributed by atoms with Crippen LogP contribution in [0, 0.1) is 0 Å². The van der Waals surface area contributed by atoms with Crippen molar-refractivity contribution in [1.29, 1.82) is 0 Å². The predicted octanol–water partition coefficient (Wildman–Crippen LogP) is -1.59. The molecule has 26 heavy (non-hydrogen) atoms. The Labute approximate surface area is 152 Å². The molecule has 0 aliphatic heterocycles. The molecule has 0 spiro atoms. The Bertz CT molecular complexity index is 496. The zero-order valence-corrected chi connectivity index (χ0v) is 15.1. The van der Waals surface area contributed by atoms with Gasteiger partial charge in [0.05, 0.1) is 0 Å². The molecule has 4 N–H and O–H groups in total. The second-order valence-electron chi connectivity index (χ2n) is 5.55. The highest BCUT2D eigenvalue weighted by Gasteiger charge is 2.20. The van der Waals surface area contributed by atoms with Gasteiger partial charge in [-0.2, -0.15) is 0 Å². The molecular formula is C16H27N3O7. The zero-order chi connectivity index (χ0) is 19.9. The molecule has 0 aliphatic carbocycles. The van der Waals surface area contributed by atoms with E-state index in [4.69, 9.17) is 9.84 Å². The summed E-state index contributed by atoms with van der Waals surface area (Å²) in [5, 5.41) is 15.9. The van der Waals surface area contributed by atoms with E-state index in [1.54, 1.807) is 6.92 Å². The summed E-state index contributed by atoms with van der Waals surface area (Å²) in [6.07, 6.45) is 1.38. The van der Waals surface area contributed by atoms with E-state index in [0.717, 1.165) is 0 Å². The zero-order valence-electron chi connectivity index (χ0n) is 15.1. The fourth-order valence-corrected chi connectivity index (χ4v) is 1.97. The fourth-order valence-electron chi connectivity index (χ4n) is 1.97. The monoisotopic (exact) mass is 373 g/mol. The van der Waals surface area contributed by atoms with Crippen molar-refractivity contribution in [3.8, 4) is 0 Å². The van der Waals surface area contributed by atoms with Crippen LogP contribution < -0.4 is 16.0 Å². The van der Waals surface area contributed by atoms with Crippen molar-refractivity contribution in [3.05, 3.63) is 0 Å². The Morgan fingerprint density at radius 1 is 1.15 bits per heavy atom. The lowest BCUT2D eigenvalue weighted by atomic mass is 10.1. The number of hydrogen-bond donors (Lipinski definition) is 4. The van der Waals surface area contributed by atoms with E-state index in [1.165, 1.54) is 6.92 Å². The first-order valence-electron chi connectivity index (χ1n) is 8.41. The standard InChI is InChI=1S/C16H27N3O7/c1-3-12(9-20)26-15(24)8-18-16(25)13(19-11(2)22)6-4-5-7-17-14(23)10-21/h9,12-13,21H,3-8,10H2,1-2H3,(H,17,23)(H,18,25)(H,19,22)/t12?,13-/m0/s1. The number of nitrogens with one attached hydrogen (secondary N) is 3. The number of esters is 1. The van der Waals surface area contributed by atoms with Crippen LogP contribution in [0.3, 0.4) is 0 Å². The largest absolute Gasteiger partial charge is 0.453 e. The summed E-state index contributed by atoms with van der Waals surface area (Å²) in [6.45, 7) is 2.29. The summed E-state index contributed by atoms with van der Waals surface area (Å²) in [4.78, 5) is 56.4. The van der Waals surface area contributed by atoms with Gasteiger partial charge in [-0.05, 0) is 25.7 Å². The molecule has 148 valence electrons. The summed E-state index contributed by atoms with van der Waals surface area (Å²) in [6, 6.07) is -0.832. The van der Waals surface area contributed by atoms with Crippen LogP contribution in [0.4, 0.5) is 0 Å². The first kappa shape index (κ1) is 23.5. The quantitative estimate of drug-likeness (QED) is 0.172. The minimum absolute atomic E-state index is 0.307. The Balaban J connectivity index is 4.33. The van der Waals surface area contributed by atoms with Gasteiger partial charge in [0.15, 0.2) is 12.4 Å². The summed E-state index contributed by atoms with van der Waals surface area (Å²) < 4.78 is 4.84. The van der Waals surface area contributed by atoms with Gasteiger partial charge in [0, 0.05) is 13.5 Å². The molecule has 0 heterocycles. The first-order chi connectivity index (χ1) is 12.3. The van der Waals surface area contributed by atoms with E-state index in [2.05, 4.69) is 16.0 Å². The number of hydrogen-bond acceptors (Lipinski definition) is 7. The maximum Gasteiger partial charge on any atom is 0.326 e. The summed E-state index contributed by atoms with van der Waals surface area (Å²) >= 11 is 0. The van der Waals surface area contributed by atoms with Crippen LogP contribution >= 0.6 is 0 Å². The van der Waals surface area contributed by atoms with Gasteiger partial charge in [-0.1, -0.05) is 6.92 Å². The van der Waals surface area contributed by atoms with Crippen molar-refractivity contribution in [1.82, 2.24) is 16.0 Å². The average molecular weight is 373 g/mol. The number of rotatable bonds is 13. The maximum absolute atomic E-state index is 12.1. The Kier molecular flexibility index (Phi) is 12.4. The molecule has 2 atom stereocenters. The second kappa shape index (κ2) is 13.8. The Morgan fingerprint density at radius 3 is 2.38 bits per heavy atom. The lowest BCUT2D eigenvalue weighted by Gasteiger charge is -2.18. The number of unbranched alkanes of at least 4 members (excludes halogenated alkanes) is 1. The highest BCUT2D eigenvalue weighted by Crippen LogP contribution is 2.02. The molecule has 0 rings (SSSR count). The molecule has 10 nitrogen and oxygen atoms in total. The molecule has 0 aromatic rings. The number of carbonyl (C=O) groups is 5. The number of amides is 3. The number of aldehydes is 1. The van der Waals surface area contributed by atoms with Gasteiger partial charge in [0.1, 0.15) is 19.2 Å². The van der Waals surface area contributed by atoms with Crippen molar-refractivity contribution in [2.45, 2.75) is 51.7 Å². The predicted molar refractivity (Wildman–Crippen MR) is 90.8 cm³/mol. The SMILES string of the molecule is CCC(C=O)OC(=O)CNC(=O)[C@H](CCCCNC(=O)CO)NC(C)=O. The van der Waals surface area contributed by atoms with Crippen LogP contribution in [-0.2, 0) is 28.7 Å². The van der Waals surface area contributed by atoms with E-state index >= 15 is 0 Å². The van der Waals surface area contributed by atoms with Gasteiger partial charge in [-0.15, -0.1) is 0 Å². The van der Waals surface area contributed by atoms with Crippen LogP contribution in [0.15, 0.2) is 0 Å². The van der Waals surface area contributed by atoms with Gasteiger partial charge < -0.3 is 25.8 Å². The third-order valence-electron chi connectivity index (χ3n) is 3.32. The van der Waals surface area contributed by atoms with E-state index in [1.807, 2.05) is 0 Å². The number of aliphatic hydroxyl groups excluding tert-OH is 1. The Morgan fingerprint density at radius 2 is 1.85 bits per heavy atom. The topological polar surface area (TPSA) is 151 Å². The third kappa shape index (κ3) is 11.1. The van der Waals surface area contributed by atoms with Crippen LogP contribution in [0.25, 0.3) is 0 Å². The van der Waals surface area contributed by atoms with Crippen molar-refractivity contribution >= 4 is 30.0 Å². The second-order valence-corrected chi connectivity index (χ2v) is 5.55. The van der Waals surface area contributed by atoms with Crippen LogP contribution in [-0.4, -0.2) is 66.9 Å². The molecular weight excluding hydrogens is 346 g/mol. The van der Waals surface area contributed by atoms with Gasteiger partial charge >= 0.3 is 5.97 Å². The molecule has 0 aromatic heterocycles. The van der Waals surface area contributed by atoms with E-state index in [-0.39, 0.29) is 0 Å². The molecule has 1 unspecified atom stereocenters. The minimum Gasteiger partial charge on any atom is -0.453 e. The normalized spacial score (nSPS) is 12.4. The van der Waals surface area contributed by atoms with Gasteiger partial charge in [0.2, 0.25) is 17.7 Å². The van der Waals surface area contributed by atoms with Crippen molar-refractivity contribution < 1.29 is 33.8 Å². The smallest absolute Gasteiger partial charge is 0.326 e. The molecule has 0 bridgehead atoms. The molecule has 0 saturated carbocycles. The molecule has 0 radical (unpaired) electrons. The number of aliphatic hydroxyl groups is 1. The summed E-state index contributed by atoms with van der Waals surface area (Å²) in [5.41, 5.74) is 0. The maximum atomic E-state index is 12.1. The fraction of sp³-hybridized carbons (Fsp3) is 0.688. The van der Waals surface area contributed by atoms with E-state index in [9.17, 15) is 24.0 Å². The van der Waals surface area contributed by atoms with Crippen LogP contribution in [0.1, 0.15) is 39.5 Å². The highest BCUT2D eigenvalue weighted by molar-refractivity contribution is 5.89. The highest BCUT2D eigenvalue weighted by atomic mass is 16.5. The van der Waals surface area contributed by atoms with E-state index in [0.29, 0.717) is 38.5 Å². The summed E-state index contributed by atoms with van der Waals surface area (Å²) in [7, 11) is 0. The molecule has 10 heteroatoms. The molecule has 0 aromatic carbocycles. The molecule has 0 saturated heterocycles. The summed E-state index contributed by atoms with van der Waals surface area (Å²) in [5.74, 6) is -2.17. The molecule has 0 fully saturated rings. The van der Waals surface area contributed by atoms with Crippen LogP contribution in [0.2, 0.25) is 0 Å². The van der Waals surface area contributed by atoms with Gasteiger partial charge in [-0.3, -0.25) is 24.0 Å². The van der Waals surface area contributed by atoms with Crippen molar-refractivity contribution in [2.75, 3.05) is 19.7 Å². The van der Waals surface area contributed by atoms with Gasteiger partial charge in [-0.25, -0.2) is 0 Å². The van der Waals surface area contributed by atoms with Crippen molar-refractivity contribution in [2.24, 2.45) is 0 Å². The molecule has 0 aliphatic rings. The number of ether oxygens (including phenoxy) is 1. The third-order valence-corrected chi connectivity index (χ3v) is 3.32. The first-order valence-corrected chi connectivity index (χ1v) is 8.41. The number of carbonyl (C=O) groups excluding carboxylic acids is 5. The molecule has 3 amide bonds. The Hall–Kier alpha value is -2.49. The minimum atomic E-state index is -0.848. The van der Waals surface area contributed by atoms with Crippen LogP contribution in [0.5, 0.6) is 0 Å². The lowest BCUT2D eigenvalue weighted by molar-refractivity contribution is -0.151. The van der Waals surface area contributed by atoms with E-state index < -0.39 is 49.0 Å². The van der Waals surface area contributed by atoms with Crippen molar-refractivity contribution in [3.63, 3.8) is 0 Å². The van der Waals surface area contributed by atoms with Gasteiger partial charge in [0.25, 0.3) is 0 Å². The lowest BCUT2D eigenvalue weighted by Crippen LogP contribution is -2.47.